The Kier molecular flexibility index (Phi) is 4.28. The van der Waals surface area contributed by atoms with Gasteiger partial charge >= 0.3 is 0 Å². The number of benzene rings is 1. The molecule has 3 nitrogen and oxygen atoms in total. The van der Waals surface area contributed by atoms with E-state index in [9.17, 15) is 0 Å². The van der Waals surface area contributed by atoms with E-state index in [0.717, 1.165) is 41.4 Å². The van der Waals surface area contributed by atoms with E-state index in [4.69, 9.17) is 14.5 Å². The third-order valence-corrected chi connectivity index (χ3v) is 6.62. The van der Waals surface area contributed by atoms with Crippen LogP contribution < -0.4 is 9.47 Å². The highest BCUT2D eigenvalue weighted by molar-refractivity contribution is 5.84. The highest BCUT2D eigenvalue weighted by atomic mass is 16.5. The SMILES string of the molecule is COc1ccc(C=NCC23CCC4C[C@H](C[C@H](C4)C2)C3)c(OC)c1. The van der Waals surface area contributed by atoms with E-state index in [1.165, 1.54) is 44.9 Å². The molecule has 4 atom stereocenters. The number of hydrogen-bond acceptors (Lipinski definition) is 3. The molecule has 4 aliphatic carbocycles. The zero-order chi connectivity index (χ0) is 16.6. The van der Waals surface area contributed by atoms with Gasteiger partial charge in [0.1, 0.15) is 11.5 Å². The fourth-order valence-corrected chi connectivity index (χ4v) is 5.77. The molecule has 1 aromatic rings. The molecule has 0 saturated heterocycles. The monoisotopic (exact) mass is 327 g/mol. The lowest BCUT2D eigenvalue weighted by Gasteiger charge is -2.44. The van der Waals surface area contributed by atoms with Gasteiger partial charge in [0.15, 0.2) is 0 Å². The third-order valence-electron chi connectivity index (χ3n) is 6.62. The Morgan fingerprint density at radius 3 is 2.54 bits per heavy atom. The Balaban J connectivity index is 1.49. The van der Waals surface area contributed by atoms with E-state index in [-0.39, 0.29) is 0 Å². The molecule has 0 heterocycles. The van der Waals surface area contributed by atoms with Gasteiger partial charge in [-0.15, -0.1) is 0 Å². The predicted octanol–water partition coefficient (Wildman–Crippen LogP) is 4.73. The Hall–Kier alpha value is -1.51. The molecular weight excluding hydrogens is 298 g/mol. The average Bonchev–Trinajstić information content (AvgIpc) is 2.79. The molecule has 0 aromatic heterocycles. The zero-order valence-corrected chi connectivity index (χ0v) is 15.0. The van der Waals surface area contributed by atoms with Crippen LogP contribution in [0.4, 0.5) is 0 Å². The second-order valence-corrected chi connectivity index (χ2v) is 8.33. The summed E-state index contributed by atoms with van der Waals surface area (Å²) >= 11 is 0. The Bertz CT molecular complexity index is 610. The van der Waals surface area contributed by atoms with Gasteiger partial charge in [0.2, 0.25) is 0 Å². The second kappa shape index (κ2) is 6.42. The maximum atomic E-state index is 5.48. The molecule has 4 saturated carbocycles. The van der Waals surface area contributed by atoms with E-state index in [1.807, 2.05) is 24.4 Å². The van der Waals surface area contributed by atoms with Crippen LogP contribution in [0.15, 0.2) is 23.2 Å². The Morgan fingerprint density at radius 1 is 1.08 bits per heavy atom. The quantitative estimate of drug-likeness (QED) is 0.732. The average molecular weight is 327 g/mol. The predicted molar refractivity (Wildman–Crippen MR) is 97.2 cm³/mol. The molecule has 130 valence electrons. The molecule has 0 N–H and O–H groups in total. The fraction of sp³-hybridized carbons (Fsp3) is 0.667. The van der Waals surface area contributed by atoms with Gasteiger partial charge in [0.05, 0.1) is 14.2 Å². The molecule has 4 fully saturated rings. The first-order valence-electron chi connectivity index (χ1n) is 9.41. The molecule has 5 rings (SSSR count). The van der Waals surface area contributed by atoms with Crippen LogP contribution in [-0.4, -0.2) is 27.0 Å². The Labute approximate surface area is 145 Å². The highest BCUT2D eigenvalue weighted by Crippen LogP contribution is 2.57. The number of methoxy groups -OCH3 is 2. The van der Waals surface area contributed by atoms with Crippen LogP contribution in [0.1, 0.15) is 50.5 Å². The van der Waals surface area contributed by atoms with Crippen molar-refractivity contribution >= 4 is 6.21 Å². The molecule has 0 spiro atoms. The number of aliphatic imine (C=N–C) groups is 1. The summed E-state index contributed by atoms with van der Waals surface area (Å²) in [6.07, 6.45) is 12.1. The van der Waals surface area contributed by atoms with Gasteiger partial charge in [-0.3, -0.25) is 4.99 Å². The highest BCUT2D eigenvalue weighted by Gasteiger charge is 2.47. The van der Waals surface area contributed by atoms with Gasteiger partial charge in [-0.1, -0.05) is 0 Å². The van der Waals surface area contributed by atoms with E-state index in [0.29, 0.717) is 5.41 Å². The molecule has 0 radical (unpaired) electrons. The van der Waals surface area contributed by atoms with E-state index in [2.05, 4.69) is 0 Å². The molecule has 0 amide bonds. The number of rotatable bonds is 5. The first-order chi connectivity index (χ1) is 11.7. The topological polar surface area (TPSA) is 30.8 Å². The minimum atomic E-state index is 0.481. The molecule has 24 heavy (non-hydrogen) atoms. The van der Waals surface area contributed by atoms with Crippen LogP contribution in [0.25, 0.3) is 0 Å². The van der Waals surface area contributed by atoms with Gasteiger partial charge in [0.25, 0.3) is 0 Å². The summed E-state index contributed by atoms with van der Waals surface area (Å²) in [6, 6.07) is 5.93. The summed E-state index contributed by atoms with van der Waals surface area (Å²) in [7, 11) is 3.38. The third kappa shape index (κ3) is 3.05. The Morgan fingerprint density at radius 2 is 1.83 bits per heavy atom. The van der Waals surface area contributed by atoms with Crippen LogP contribution in [0.3, 0.4) is 0 Å². The first-order valence-corrected chi connectivity index (χ1v) is 9.41. The van der Waals surface area contributed by atoms with Gasteiger partial charge in [0, 0.05) is 24.4 Å². The number of nitrogens with zero attached hydrogens (tertiary/aromatic N) is 1. The number of fused-ring (bicyclic) bond motifs is 1. The zero-order valence-electron chi connectivity index (χ0n) is 15.0. The van der Waals surface area contributed by atoms with Gasteiger partial charge in [-0.25, -0.2) is 0 Å². The van der Waals surface area contributed by atoms with Crippen molar-refractivity contribution in [3.8, 4) is 11.5 Å². The molecule has 4 aliphatic rings. The van der Waals surface area contributed by atoms with Crippen LogP contribution in [0, 0.1) is 23.2 Å². The summed E-state index contributed by atoms with van der Waals surface area (Å²) in [6.45, 7) is 0.988. The van der Waals surface area contributed by atoms with Gasteiger partial charge in [-0.2, -0.15) is 0 Å². The minimum Gasteiger partial charge on any atom is -0.497 e. The van der Waals surface area contributed by atoms with Gasteiger partial charge in [-0.05, 0) is 80.2 Å². The molecule has 1 aromatic carbocycles. The van der Waals surface area contributed by atoms with E-state index >= 15 is 0 Å². The lowest BCUT2D eigenvalue weighted by molar-refractivity contribution is 0.0728. The number of hydrogen-bond donors (Lipinski definition) is 0. The summed E-state index contributed by atoms with van der Waals surface area (Å²) in [4.78, 5) is 4.89. The van der Waals surface area contributed by atoms with Gasteiger partial charge < -0.3 is 9.47 Å². The van der Waals surface area contributed by atoms with Crippen molar-refractivity contribution in [2.75, 3.05) is 20.8 Å². The first kappa shape index (κ1) is 16.0. The van der Waals surface area contributed by atoms with E-state index in [1.54, 1.807) is 14.2 Å². The minimum absolute atomic E-state index is 0.481. The van der Waals surface area contributed by atoms with Crippen molar-refractivity contribution in [3.05, 3.63) is 23.8 Å². The maximum absolute atomic E-state index is 5.48. The molecule has 2 unspecified atom stereocenters. The smallest absolute Gasteiger partial charge is 0.131 e. The van der Waals surface area contributed by atoms with Crippen LogP contribution >= 0.6 is 0 Å². The lowest BCUT2D eigenvalue weighted by Crippen LogP contribution is -2.36. The standard InChI is InChI=1S/C21H29NO2/c1-23-19-4-3-18(20(10-19)24-2)13-22-14-21-6-5-15-7-16(11-21)9-17(8-15)12-21/h3-4,10,13,15-17H,5-9,11-12,14H2,1-2H3/t15?,16-,17+,21?. The van der Waals surface area contributed by atoms with Crippen LogP contribution in [-0.2, 0) is 0 Å². The maximum Gasteiger partial charge on any atom is 0.131 e. The molecular formula is C21H29NO2. The van der Waals surface area contributed by atoms with Crippen molar-refractivity contribution < 1.29 is 9.47 Å². The summed E-state index contributed by atoms with van der Waals surface area (Å²) in [5.41, 5.74) is 1.52. The summed E-state index contributed by atoms with van der Waals surface area (Å²) < 4.78 is 10.8. The largest absolute Gasteiger partial charge is 0.497 e. The van der Waals surface area contributed by atoms with Crippen molar-refractivity contribution in [2.24, 2.45) is 28.2 Å². The molecule has 0 aliphatic heterocycles. The second-order valence-electron chi connectivity index (χ2n) is 8.33. The normalized spacial score (nSPS) is 34.5. The summed E-state index contributed by atoms with van der Waals surface area (Å²) in [5, 5.41) is 0. The van der Waals surface area contributed by atoms with Crippen molar-refractivity contribution in [3.63, 3.8) is 0 Å². The lowest BCUT2D eigenvalue weighted by atomic mass is 9.61. The molecule has 3 heteroatoms. The van der Waals surface area contributed by atoms with Crippen molar-refractivity contribution in [2.45, 2.75) is 44.9 Å². The van der Waals surface area contributed by atoms with Crippen molar-refractivity contribution in [1.29, 1.82) is 0 Å². The van der Waals surface area contributed by atoms with Crippen LogP contribution in [0.2, 0.25) is 0 Å². The van der Waals surface area contributed by atoms with Crippen LogP contribution in [0.5, 0.6) is 11.5 Å². The van der Waals surface area contributed by atoms with E-state index < -0.39 is 0 Å². The summed E-state index contributed by atoms with van der Waals surface area (Å²) in [5.74, 6) is 4.64. The van der Waals surface area contributed by atoms with Crippen molar-refractivity contribution in [1.82, 2.24) is 0 Å². The molecule has 4 bridgehead atoms. The fourth-order valence-electron chi connectivity index (χ4n) is 5.77. The number of ether oxygens (including phenoxy) is 2.